The van der Waals surface area contributed by atoms with Crippen LogP contribution in [-0.4, -0.2) is 25.1 Å². The Morgan fingerprint density at radius 3 is 2.69 bits per heavy atom. The van der Waals surface area contributed by atoms with Gasteiger partial charge in [-0.15, -0.1) is 0 Å². The van der Waals surface area contributed by atoms with Gasteiger partial charge in [0.15, 0.2) is 6.17 Å². The van der Waals surface area contributed by atoms with Crippen LogP contribution in [0.5, 0.6) is 11.5 Å². The van der Waals surface area contributed by atoms with Crippen LogP contribution in [0.2, 0.25) is 5.02 Å². The van der Waals surface area contributed by atoms with Gasteiger partial charge < -0.3 is 14.8 Å². The molecule has 1 aliphatic heterocycles. The summed E-state index contributed by atoms with van der Waals surface area (Å²) >= 11 is 6.20. The number of carbonyl (C=O) groups excluding carboxylic acids is 1. The molecule has 0 saturated heterocycles. The number of anilines is 2. The summed E-state index contributed by atoms with van der Waals surface area (Å²) in [6, 6.07) is 14.5. The van der Waals surface area contributed by atoms with Gasteiger partial charge in [0.2, 0.25) is 0 Å². The second-order valence-electron chi connectivity index (χ2n) is 6.66. The number of hydrogen-bond donors (Lipinski definition) is 1. The van der Waals surface area contributed by atoms with Crippen LogP contribution in [0.1, 0.15) is 27.8 Å². The van der Waals surface area contributed by atoms with Gasteiger partial charge in [-0.25, -0.2) is 0 Å². The standard InChI is InChI=1S/C22H20ClN3O3/c1-13-6-7-14(23)11-17(13)25-21-20-16(5-4-10-24-20)22(27)26(21)18-12-15(28-2)8-9-19(18)29-3/h4-12,21,25H,1-3H3/t21-/m1/s1. The van der Waals surface area contributed by atoms with Crippen LogP contribution in [0.3, 0.4) is 0 Å². The monoisotopic (exact) mass is 409 g/mol. The Balaban J connectivity index is 1.86. The predicted molar refractivity (Wildman–Crippen MR) is 113 cm³/mol. The largest absolute Gasteiger partial charge is 0.497 e. The van der Waals surface area contributed by atoms with E-state index in [0.29, 0.717) is 33.5 Å². The quantitative estimate of drug-likeness (QED) is 0.653. The summed E-state index contributed by atoms with van der Waals surface area (Å²) in [4.78, 5) is 19.5. The minimum Gasteiger partial charge on any atom is -0.497 e. The molecule has 1 atom stereocenters. The van der Waals surface area contributed by atoms with Crippen LogP contribution in [0.4, 0.5) is 11.4 Å². The maximum atomic E-state index is 13.3. The number of nitrogens with zero attached hydrogens (tertiary/aromatic N) is 2. The van der Waals surface area contributed by atoms with Crippen LogP contribution in [0.15, 0.2) is 54.7 Å². The van der Waals surface area contributed by atoms with Gasteiger partial charge in [-0.05, 0) is 48.9 Å². The zero-order valence-electron chi connectivity index (χ0n) is 16.3. The number of carbonyl (C=O) groups is 1. The summed E-state index contributed by atoms with van der Waals surface area (Å²) in [5.41, 5.74) is 3.59. The smallest absolute Gasteiger partial charge is 0.262 e. The Hall–Kier alpha value is -3.25. The maximum absolute atomic E-state index is 13.3. The van der Waals surface area contributed by atoms with E-state index in [9.17, 15) is 4.79 Å². The van der Waals surface area contributed by atoms with Crippen molar-refractivity contribution < 1.29 is 14.3 Å². The molecule has 29 heavy (non-hydrogen) atoms. The van der Waals surface area contributed by atoms with Crippen LogP contribution in [0.25, 0.3) is 0 Å². The number of amides is 1. The number of pyridine rings is 1. The lowest BCUT2D eigenvalue weighted by Crippen LogP contribution is -2.33. The highest BCUT2D eigenvalue weighted by Crippen LogP contribution is 2.42. The summed E-state index contributed by atoms with van der Waals surface area (Å²) in [7, 11) is 3.15. The topological polar surface area (TPSA) is 63.7 Å². The number of hydrogen-bond acceptors (Lipinski definition) is 5. The second kappa shape index (κ2) is 7.64. The molecule has 1 N–H and O–H groups in total. The molecule has 6 nitrogen and oxygen atoms in total. The van der Waals surface area contributed by atoms with E-state index in [1.165, 1.54) is 0 Å². The average molecular weight is 410 g/mol. The lowest BCUT2D eigenvalue weighted by atomic mass is 10.1. The van der Waals surface area contributed by atoms with Gasteiger partial charge in [0.25, 0.3) is 5.91 Å². The molecule has 0 saturated carbocycles. The first-order valence-electron chi connectivity index (χ1n) is 9.06. The highest BCUT2D eigenvalue weighted by atomic mass is 35.5. The van der Waals surface area contributed by atoms with Crippen molar-refractivity contribution in [1.29, 1.82) is 0 Å². The van der Waals surface area contributed by atoms with E-state index < -0.39 is 6.17 Å². The van der Waals surface area contributed by atoms with E-state index in [-0.39, 0.29) is 5.91 Å². The van der Waals surface area contributed by atoms with E-state index in [1.807, 2.05) is 25.1 Å². The van der Waals surface area contributed by atoms with E-state index in [2.05, 4.69) is 10.3 Å². The van der Waals surface area contributed by atoms with E-state index >= 15 is 0 Å². The van der Waals surface area contributed by atoms with E-state index in [0.717, 1.165) is 11.3 Å². The summed E-state index contributed by atoms with van der Waals surface area (Å²) in [5.74, 6) is 1.01. The Morgan fingerprint density at radius 2 is 1.93 bits per heavy atom. The van der Waals surface area contributed by atoms with Crippen molar-refractivity contribution >= 4 is 28.9 Å². The minimum absolute atomic E-state index is 0.170. The van der Waals surface area contributed by atoms with E-state index in [1.54, 1.807) is 55.6 Å². The molecule has 0 radical (unpaired) electrons. The summed E-state index contributed by atoms with van der Waals surface area (Å²) < 4.78 is 10.9. The van der Waals surface area contributed by atoms with Crippen molar-refractivity contribution in [3.8, 4) is 11.5 Å². The predicted octanol–water partition coefficient (Wildman–Crippen LogP) is 4.83. The van der Waals surface area contributed by atoms with Crippen LogP contribution >= 0.6 is 11.6 Å². The molecule has 1 amide bonds. The van der Waals surface area contributed by atoms with Gasteiger partial charge in [0.05, 0.1) is 31.2 Å². The molecule has 148 valence electrons. The van der Waals surface area contributed by atoms with Crippen LogP contribution in [0, 0.1) is 6.92 Å². The first kappa shape index (κ1) is 19.1. The van der Waals surface area contributed by atoms with Gasteiger partial charge >= 0.3 is 0 Å². The van der Waals surface area contributed by atoms with Crippen molar-refractivity contribution in [2.45, 2.75) is 13.1 Å². The van der Waals surface area contributed by atoms with Gasteiger partial charge in [0.1, 0.15) is 11.5 Å². The molecule has 4 rings (SSSR count). The fourth-order valence-electron chi connectivity index (χ4n) is 3.45. The Bertz CT molecular complexity index is 1090. The number of ether oxygens (including phenoxy) is 2. The number of aryl methyl sites for hydroxylation is 1. The first-order valence-corrected chi connectivity index (χ1v) is 9.44. The fraction of sp³-hybridized carbons (Fsp3) is 0.182. The van der Waals surface area contributed by atoms with Gasteiger partial charge in [-0.3, -0.25) is 14.7 Å². The fourth-order valence-corrected chi connectivity index (χ4v) is 3.62. The molecule has 0 fully saturated rings. The number of halogens is 1. The summed E-state index contributed by atoms with van der Waals surface area (Å²) in [5, 5.41) is 4.04. The summed E-state index contributed by atoms with van der Waals surface area (Å²) in [6.45, 7) is 1.98. The molecule has 1 aliphatic rings. The molecule has 0 spiro atoms. The Labute approximate surface area is 174 Å². The number of aromatic nitrogens is 1. The number of rotatable bonds is 5. The zero-order chi connectivity index (χ0) is 20.5. The highest BCUT2D eigenvalue weighted by molar-refractivity contribution is 6.30. The van der Waals surface area contributed by atoms with Crippen LogP contribution in [-0.2, 0) is 0 Å². The van der Waals surface area contributed by atoms with Crippen molar-refractivity contribution in [3.05, 3.63) is 76.6 Å². The lowest BCUT2D eigenvalue weighted by molar-refractivity contribution is 0.0992. The molecule has 2 heterocycles. The normalized spacial score (nSPS) is 15.2. The number of nitrogens with one attached hydrogen (secondary N) is 1. The van der Waals surface area contributed by atoms with Crippen molar-refractivity contribution in [2.75, 3.05) is 24.4 Å². The molecule has 0 bridgehead atoms. The first-order chi connectivity index (χ1) is 14.0. The van der Waals surface area contributed by atoms with Crippen molar-refractivity contribution in [1.82, 2.24) is 4.98 Å². The van der Waals surface area contributed by atoms with Crippen molar-refractivity contribution in [2.24, 2.45) is 0 Å². The molecule has 2 aromatic carbocycles. The zero-order valence-corrected chi connectivity index (χ0v) is 17.0. The Morgan fingerprint density at radius 1 is 1.10 bits per heavy atom. The number of benzene rings is 2. The molecule has 0 aliphatic carbocycles. The third-order valence-electron chi connectivity index (χ3n) is 4.94. The molecular formula is C22H20ClN3O3. The molecule has 3 aromatic rings. The number of fused-ring (bicyclic) bond motifs is 1. The third kappa shape index (κ3) is 3.36. The molecule has 7 heteroatoms. The van der Waals surface area contributed by atoms with Crippen LogP contribution < -0.4 is 19.7 Å². The van der Waals surface area contributed by atoms with Gasteiger partial charge in [0, 0.05) is 23.0 Å². The number of methoxy groups -OCH3 is 2. The average Bonchev–Trinajstić information content (AvgIpc) is 3.02. The molecule has 1 aromatic heterocycles. The SMILES string of the molecule is COc1ccc(OC)c(N2C(=O)c3cccnc3[C@@H]2Nc2cc(Cl)ccc2C)c1. The Kier molecular flexibility index (Phi) is 5.03. The van der Waals surface area contributed by atoms with Gasteiger partial charge in [-0.1, -0.05) is 17.7 Å². The summed E-state index contributed by atoms with van der Waals surface area (Å²) in [6.07, 6.45) is 1.15. The maximum Gasteiger partial charge on any atom is 0.262 e. The second-order valence-corrected chi connectivity index (χ2v) is 7.09. The highest BCUT2D eigenvalue weighted by Gasteiger charge is 2.40. The minimum atomic E-state index is -0.531. The van der Waals surface area contributed by atoms with E-state index in [4.69, 9.17) is 21.1 Å². The van der Waals surface area contributed by atoms with Gasteiger partial charge in [-0.2, -0.15) is 0 Å². The molecular weight excluding hydrogens is 390 g/mol. The van der Waals surface area contributed by atoms with Crippen molar-refractivity contribution in [3.63, 3.8) is 0 Å². The lowest BCUT2D eigenvalue weighted by Gasteiger charge is -2.28. The third-order valence-corrected chi connectivity index (χ3v) is 5.18. The molecule has 0 unspecified atom stereocenters.